The lowest BCUT2D eigenvalue weighted by molar-refractivity contribution is 0.151. The van der Waals surface area contributed by atoms with Gasteiger partial charge in [-0.3, -0.25) is 9.88 Å². The van der Waals surface area contributed by atoms with Gasteiger partial charge in [-0.2, -0.15) is 0 Å². The molecule has 0 aliphatic carbocycles. The smallest absolute Gasteiger partial charge is 0.136 e. The van der Waals surface area contributed by atoms with Crippen molar-refractivity contribution in [1.82, 2.24) is 24.6 Å². The lowest BCUT2D eigenvalue weighted by Crippen LogP contribution is -2.45. The maximum atomic E-state index is 4.53. The van der Waals surface area contributed by atoms with Crippen LogP contribution < -0.4 is 5.32 Å². The molecule has 118 valence electrons. The van der Waals surface area contributed by atoms with Crippen molar-refractivity contribution in [2.75, 3.05) is 19.6 Å². The molecule has 0 aromatic carbocycles. The molecule has 0 radical (unpaired) electrons. The monoisotopic (exact) mass is 307 g/mol. The van der Waals surface area contributed by atoms with Crippen LogP contribution in [0, 0.1) is 6.92 Å². The highest BCUT2D eigenvalue weighted by molar-refractivity contribution is 5.41. The van der Waals surface area contributed by atoms with Gasteiger partial charge in [0, 0.05) is 50.8 Å². The molecule has 0 amide bonds. The minimum absolute atomic E-state index is 0.354. The van der Waals surface area contributed by atoms with Gasteiger partial charge in [0.2, 0.25) is 0 Å². The summed E-state index contributed by atoms with van der Waals surface area (Å²) in [4.78, 5) is 11.3. The van der Waals surface area contributed by atoms with Crippen LogP contribution in [0.2, 0.25) is 0 Å². The molecule has 5 heteroatoms. The van der Waals surface area contributed by atoms with Crippen LogP contribution in [0.15, 0.2) is 49.1 Å². The van der Waals surface area contributed by atoms with Gasteiger partial charge in [0.1, 0.15) is 5.65 Å². The molecule has 1 N–H and O–H groups in total. The lowest BCUT2D eigenvalue weighted by atomic mass is 10.1. The zero-order valence-electron chi connectivity index (χ0n) is 13.3. The Kier molecular flexibility index (Phi) is 3.81. The second kappa shape index (κ2) is 6.10. The van der Waals surface area contributed by atoms with Gasteiger partial charge < -0.3 is 9.72 Å². The van der Waals surface area contributed by atoms with Gasteiger partial charge >= 0.3 is 0 Å². The molecule has 4 rings (SSSR count). The summed E-state index contributed by atoms with van der Waals surface area (Å²) in [6.07, 6.45) is 7.97. The number of aryl methyl sites for hydroxylation is 1. The van der Waals surface area contributed by atoms with Crippen LogP contribution in [0.3, 0.4) is 0 Å². The minimum Gasteiger partial charge on any atom is -0.314 e. The average Bonchev–Trinajstić information content (AvgIpc) is 2.98. The Hall–Kier alpha value is -2.24. The molecule has 0 spiro atoms. The SMILES string of the molecule is Cc1ccc2ncc(CN3CCNCC3c3cccnc3)n2c1. The number of hydrogen-bond donors (Lipinski definition) is 1. The van der Waals surface area contributed by atoms with Crippen LogP contribution in [0.25, 0.3) is 5.65 Å². The van der Waals surface area contributed by atoms with Gasteiger partial charge in [-0.1, -0.05) is 12.1 Å². The predicted molar refractivity (Wildman–Crippen MR) is 90.2 cm³/mol. The first-order valence-corrected chi connectivity index (χ1v) is 8.08. The van der Waals surface area contributed by atoms with Crippen LogP contribution in [0.4, 0.5) is 0 Å². The van der Waals surface area contributed by atoms with E-state index in [0.717, 1.165) is 31.8 Å². The van der Waals surface area contributed by atoms with Crippen molar-refractivity contribution in [2.45, 2.75) is 19.5 Å². The number of rotatable bonds is 3. The first kappa shape index (κ1) is 14.4. The molecule has 1 aliphatic rings. The fourth-order valence-electron chi connectivity index (χ4n) is 3.30. The van der Waals surface area contributed by atoms with Gasteiger partial charge in [0.05, 0.1) is 11.9 Å². The molecule has 1 saturated heterocycles. The fraction of sp³-hybridized carbons (Fsp3) is 0.333. The van der Waals surface area contributed by atoms with E-state index in [1.807, 2.05) is 24.7 Å². The van der Waals surface area contributed by atoms with Crippen LogP contribution >= 0.6 is 0 Å². The van der Waals surface area contributed by atoms with E-state index in [-0.39, 0.29) is 0 Å². The lowest BCUT2D eigenvalue weighted by Gasteiger charge is -2.36. The van der Waals surface area contributed by atoms with Crippen molar-refractivity contribution in [3.05, 3.63) is 65.9 Å². The van der Waals surface area contributed by atoms with E-state index in [2.05, 4.69) is 55.9 Å². The second-order valence-electron chi connectivity index (χ2n) is 6.16. The van der Waals surface area contributed by atoms with Crippen LogP contribution in [0.5, 0.6) is 0 Å². The largest absolute Gasteiger partial charge is 0.314 e. The summed E-state index contributed by atoms with van der Waals surface area (Å²) in [5.74, 6) is 0. The van der Waals surface area contributed by atoms with E-state index in [9.17, 15) is 0 Å². The summed E-state index contributed by atoms with van der Waals surface area (Å²) in [6.45, 7) is 6.02. The van der Waals surface area contributed by atoms with Gasteiger partial charge in [-0.25, -0.2) is 4.98 Å². The number of nitrogens with one attached hydrogen (secondary N) is 1. The van der Waals surface area contributed by atoms with Crippen molar-refractivity contribution < 1.29 is 0 Å². The molecule has 1 fully saturated rings. The summed E-state index contributed by atoms with van der Waals surface area (Å²) in [5.41, 5.74) is 4.77. The molecule has 1 aliphatic heterocycles. The average molecular weight is 307 g/mol. The number of pyridine rings is 2. The number of hydrogen-bond acceptors (Lipinski definition) is 4. The van der Waals surface area contributed by atoms with Gasteiger partial charge in [0.25, 0.3) is 0 Å². The molecule has 0 bridgehead atoms. The Labute approximate surface area is 136 Å². The van der Waals surface area contributed by atoms with Crippen molar-refractivity contribution in [2.24, 2.45) is 0 Å². The molecule has 1 atom stereocenters. The fourth-order valence-corrected chi connectivity index (χ4v) is 3.30. The third kappa shape index (κ3) is 2.85. The Morgan fingerprint density at radius 2 is 2.22 bits per heavy atom. The molecule has 3 aromatic heterocycles. The van der Waals surface area contributed by atoms with Crippen molar-refractivity contribution in [3.8, 4) is 0 Å². The number of nitrogens with zero attached hydrogens (tertiary/aromatic N) is 4. The van der Waals surface area contributed by atoms with Crippen LogP contribution in [0.1, 0.15) is 22.9 Å². The molecule has 4 heterocycles. The zero-order valence-corrected chi connectivity index (χ0v) is 13.3. The maximum Gasteiger partial charge on any atom is 0.136 e. The summed E-state index contributed by atoms with van der Waals surface area (Å²) in [5, 5.41) is 3.50. The Balaban J connectivity index is 1.64. The number of aromatic nitrogens is 3. The van der Waals surface area contributed by atoms with Crippen molar-refractivity contribution >= 4 is 5.65 Å². The Bertz CT molecular complexity index is 796. The van der Waals surface area contributed by atoms with E-state index in [0.29, 0.717) is 6.04 Å². The van der Waals surface area contributed by atoms with Crippen LogP contribution in [-0.2, 0) is 6.54 Å². The molecule has 0 saturated carbocycles. The number of piperazine rings is 1. The van der Waals surface area contributed by atoms with Gasteiger partial charge in [-0.05, 0) is 30.2 Å². The molecular formula is C18H21N5. The maximum absolute atomic E-state index is 4.53. The van der Waals surface area contributed by atoms with E-state index in [1.54, 1.807) is 0 Å². The van der Waals surface area contributed by atoms with Gasteiger partial charge in [-0.15, -0.1) is 0 Å². The summed E-state index contributed by atoms with van der Waals surface area (Å²) >= 11 is 0. The molecule has 1 unspecified atom stereocenters. The Morgan fingerprint density at radius 1 is 1.26 bits per heavy atom. The van der Waals surface area contributed by atoms with Crippen molar-refractivity contribution in [3.63, 3.8) is 0 Å². The molecule has 3 aromatic rings. The highest BCUT2D eigenvalue weighted by Crippen LogP contribution is 2.23. The topological polar surface area (TPSA) is 45.5 Å². The van der Waals surface area contributed by atoms with E-state index < -0.39 is 0 Å². The normalized spacial score (nSPS) is 19.3. The summed E-state index contributed by atoms with van der Waals surface area (Å²) in [7, 11) is 0. The zero-order chi connectivity index (χ0) is 15.6. The summed E-state index contributed by atoms with van der Waals surface area (Å²) in [6, 6.07) is 8.72. The van der Waals surface area contributed by atoms with Crippen molar-refractivity contribution in [1.29, 1.82) is 0 Å². The third-order valence-electron chi connectivity index (χ3n) is 4.52. The predicted octanol–water partition coefficient (Wildman–Crippen LogP) is 2.18. The molecule has 23 heavy (non-hydrogen) atoms. The number of imidazole rings is 1. The van der Waals surface area contributed by atoms with E-state index in [4.69, 9.17) is 0 Å². The van der Waals surface area contributed by atoms with Crippen LogP contribution in [-0.4, -0.2) is 38.9 Å². The third-order valence-corrected chi connectivity index (χ3v) is 4.52. The standard InChI is InChI=1S/C18H21N5/c1-14-4-5-18-21-10-16(23(18)12-14)13-22-8-7-20-11-17(22)15-3-2-6-19-9-15/h2-6,9-10,12,17,20H,7-8,11,13H2,1H3. The molecular weight excluding hydrogens is 286 g/mol. The molecule has 5 nitrogen and oxygen atoms in total. The van der Waals surface area contributed by atoms with E-state index >= 15 is 0 Å². The summed E-state index contributed by atoms with van der Waals surface area (Å²) < 4.78 is 2.21. The highest BCUT2D eigenvalue weighted by Gasteiger charge is 2.24. The minimum atomic E-state index is 0.354. The highest BCUT2D eigenvalue weighted by atomic mass is 15.2. The first-order valence-electron chi connectivity index (χ1n) is 8.08. The van der Waals surface area contributed by atoms with Gasteiger partial charge in [0.15, 0.2) is 0 Å². The first-order chi connectivity index (χ1) is 11.3. The number of fused-ring (bicyclic) bond motifs is 1. The quantitative estimate of drug-likeness (QED) is 0.805. The second-order valence-corrected chi connectivity index (χ2v) is 6.16. The Morgan fingerprint density at radius 3 is 3.09 bits per heavy atom. The van der Waals surface area contributed by atoms with E-state index in [1.165, 1.54) is 16.8 Å².